The summed E-state index contributed by atoms with van der Waals surface area (Å²) in [6.45, 7) is 2.41. The van der Waals surface area contributed by atoms with Gasteiger partial charge in [0.15, 0.2) is 0 Å². The molecule has 0 N–H and O–H groups in total. The number of carbonyl (C=O) groups is 1. The quantitative estimate of drug-likeness (QED) is 0.572. The molecule has 0 atom stereocenters. The van der Waals surface area contributed by atoms with Gasteiger partial charge in [0.05, 0.1) is 12.4 Å². The van der Waals surface area contributed by atoms with Crippen molar-refractivity contribution in [2.24, 2.45) is 0 Å². The van der Waals surface area contributed by atoms with Crippen molar-refractivity contribution in [2.75, 3.05) is 12.4 Å². The second-order valence-corrected chi connectivity index (χ2v) is 4.01. The van der Waals surface area contributed by atoms with Gasteiger partial charge in [0, 0.05) is 4.90 Å². The van der Waals surface area contributed by atoms with Gasteiger partial charge in [0.1, 0.15) is 5.82 Å². The fourth-order valence-electron chi connectivity index (χ4n) is 0.931. The van der Waals surface area contributed by atoms with Crippen molar-refractivity contribution in [3.8, 4) is 0 Å². The van der Waals surface area contributed by atoms with Crippen molar-refractivity contribution in [1.29, 1.82) is 0 Å². The maximum atomic E-state index is 12.6. The SMILES string of the molecule is CCCOC(=O)CSc1ccc(F)cc1. The predicted molar refractivity (Wildman–Crippen MR) is 58.4 cm³/mol. The van der Waals surface area contributed by atoms with Crippen LogP contribution in [0, 0.1) is 5.82 Å². The van der Waals surface area contributed by atoms with E-state index in [1.54, 1.807) is 12.1 Å². The van der Waals surface area contributed by atoms with Crippen LogP contribution in [0.2, 0.25) is 0 Å². The van der Waals surface area contributed by atoms with Crippen molar-refractivity contribution in [3.63, 3.8) is 0 Å². The Balaban J connectivity index is 2.30. The monoisotopic (exact) mass is 228 g/mol. The van der Waals surface area contributed by atoms with Crippen molar-refractivity contribution >= 4 is 17.7 Å². The summed E-state index contributed by atoms with van der Waals surface area (Å²) in [5, 5.41) is 0. The minimum Gasteiger partial charge on any atom is -0.465 e. The highest BCUT2D eigenvalue weighted by molar-refractivity contribution is 8.00. The van der Waals surface area contributed by atoms with Gasteiger partial charge in [-0.2, -0.15) is 0 Å². The molecule has 0 bridgehead atoms. The molecule has 0 fully saturated rings. The van der Waals surface area contributed by atoms with Crippen molar-refractivity contribution in [2.45, 2.75) is 18.2 Å². The van der Waals surface area contributed by atoms with Crippen LogP contribution in [0.5, 0.6) is 0 Å². The Hall–Kier alpha value is -1.03. The lowest BCUT2D eigenvalue weighted by Crippen LogP contribution is -2.07. The zero-order chi connectivity index (χ0) is 11.1. The molecular formula is C11H13FO2S. The van der Waals surface area contributed by atoms with Gasteiger partial charge < -0.3 is 4.74 Å². The molecule has 0 aliphatic heterocycles. The van der Waals surface area contributed by atoms with Crippen LogP contribution in [-0.4, -0.2) is 18.3 Å². The molecule has 2 nitrogen and oxygen atoms in total. The fourth-order valence-corrected chi connectivity index (χ4v) is 1.63. The Morgan fingerprint density at radius 2 is 2.07 bits per heavy atom. The number of halogens is 1. The van der Waals surface area contributed by atoms with Gasteiger partial charge in [-0.05, 0) is 30.7 Å². The Morgan fingerprint density at radius 3 is 2.67 bits per heavy atom. The molecule has 1 aromatic carbocycles. The Morgan fingerprint density at radius 1 is 1.40 bits per heavy atom. The summed E-state index contributed by atoms with van der Waals surface area (Å²) in [5.41, 5.74) is 0. The third-order valence-electron chi connectivity index (χ3n) is 1.64. The van der Waals surface area contributed by atoms with E-state index in [4.69, 9.17) is 4.74 Å². The second kappa shape index (κ2) is 6.45. The number of esters is 1. The van der Waals surface area contributed by atoms with Crippen LogP contribution in [0.1, 0.15) is 13.3 Å². The number of hydrogen-bond donors (Lipinski definition) is 0. The first-order valence-electron chi connectivity index (χ1n) is 4.76. The minimum atomic E-state index is -0.270. The average molecular weight is 228 g/mol. The van der Waals surface area contributed by atoms with E-state index in [9.17, 15) is 9.18 Å². The molecule has 0 radical (unpaired) electrons. The molecule has 1 aromatic rings. The number of rotatable bonds is 5. The van der Waals surface area contributed by atoms with Gasteiger partial charge in [0.25, 0.3) is 0 Å². The standard InChI is InChI=1S/C11H13FO2S/c1-2-7-14-11(13)8-15-10-5-3-9(12)4-6-10/h3-6H,2,7-8H2,1H3. The maximum absolute atomic E-state index is 12.6. The first-order chi connectivity index (χ1) is 7.22. The van der Waals surface area contributed by atoms with E-state index in [-0.39, 0.29) is 17.5 Å². The summed E-state index contributed by atoms with van der Waals surface area (Å²) in [6.07, 6.45) is 0.826. The van der Waals surface area contributed by atoms with Gasteiger partial charge in [-0.15, -0.1) is 11.8 Å². The first-order valence-corrected chi connectivity index (χ1v) is 5.75. The van der Waals surface area contributed by atoms with E-state index in [1.165, 1.54) is 23.9 Å². The van der Waals surface area contributed by atoms with Gasteiger partial charge in [-0.1, -0.05) is 6.92 Å². The Bertz CT molecular complexity index is 311. The number of benzene rings is 1. The highest BCUT2D eigenvalue weighted by Gasteiger charge is 2.03. The maximum Gasteiger partial charge on any atom is 0.316 e. The third-order valence-corrected chi connectivity index (χ3v) is 2.62. The lowest BCUT2D eigenvalue weighted by atomic mass is 10.4. The third kappa shape index (κ3) is 4.83. The van der Waals surface area contributed by atoms with Crippen LogP contribution in [0.3, 0.4) is 0 Å². The fraction of sp³-hybridized carbons (Fsp3) is 0.364. The van der Waals surface area contributed by atoms with Crippen LogP contribution in [0.15, 0.2) is 29.2 Å². The number of thioether (sulfide) groups is 1. The lowest BCUT2D eigenvalue weighted by Gasteiger charge is -2.02. The van der Waals surface area contributed by atoms with Crippen molar-refractivity contribution in [3.05, 3.63) is 30.1 Å². The van der Waals surface area contributed by atoms with Crippen LogP contribution >= 0.6 is 11.8 Å². The van der Waals surface area contributed by atoms with Crippen molar-refractivity contribution in [1.82, 2.24) is 0 Å². The molecule has 15 heavy (non-hydrogen) atoms. The van der Waals surface area contributed by atoms with Crippen molar-refractivity contribution < 1.29 is 13.9 Å². The smallest absolute Gasteiger partial charge is 0.316 e. The Labute approximate surface area is 92.8 Å². The zero-order valence-corrected chi connectivity index (χ0v) is 9.35. The van der Waals surface area contributed by atoms with E-state index in [2.05, 4.69) is 0 Å². The van der Waals surface area contributed by atoms with E-state index >= 15 is 0 Å². The molecule has 1 rings (SSSR count). The number of ether oxygens (including phenoxy) is 1. The molecule has 4 heteroatoms. The van der Waals surface area contributed by atoms with Crippen LogP contribution in [0.4, 0.5) is 4.39 Å². The molecule has 0 heterocycles. The van der Waals surface area contributed by atoms with E-state index in [0.29, 0.717) is 6.61 Å². The summed E-state index contributed by atoms with van der Waals surface area (Å²) in [7, 11) is 0. The zero-order valence-electron chi connectivity index (χ0n) is 8.53. The molecule has 0 saturated heterocycles. The largest absolute Gasteiger partial charge is 0.465 e. The second-order valence-electron chi connectivity index (χ2n) is 2.96. The molecule has 0 unspecified atom stereocenters. The predicted octanol–water partition coefficient (Wildman–Crippen LogP) is 2.87. The van der Waals surface area contributed by atoms with Crippen LogP contribution < -0.4 is 0 Å². The molecule has 0 aromatic heterocycles. The van der Waals surface area contributed by atoms with Gasteiger partial charge in [-0.3, -0.25) is 4.79 Å². The summed E-state index contributed by atoms with van der Waals surface area (Å²) in [5.74, 6) is -0.231. The normalized spacial score (nSPS) is 10.0. The summed E-state index contributed by atoms with van der Waals surface area (Å²) >= 11 is 1.35. The highest BCUT2D eigenvalue weighted by atomic mass is 32.2. The van der Waals surface area contributed by atoms with Crippen LogP contribution in [0.25, 0.3) is 0 Å². The van der Waals surface area contributed by atoms with E-state index in [1.807, 2.05) is 6.92 Å². The molecule has 0 aliphatic carbocycles. The highest BCUT2D eigenvalue weighted by Crippen LogP contribution is 2.17. The molecular weight excluding hydrogens is 215 g/mol. The number of carbonyl (C=O) groups excluding carboxylic acids is 1. The van der Waals surface area contributed by atoms with Gasteiger partial charge in [0.2, 0.25) is 0 Å². The van der Waals surface area contributed by atoms with Gasteiger partial charge in [-0.25, -0.2) is 4.39 Å². The number of hydrogen-bond acceptors (Lipinski definition) is 3. The molecule has 0 spiro atoms. The molecule has 82 valence electrons. The minimum absolute atomic E-state index is 0.230. The van der Waals surface area contributed by atoms with E-state index < -0.39 is 0 Å². The summed E-state index contributed by atoms with van der Waals surface area (Å²) < 4.78 is 17.5. The molecule has 0 saturated carbocycles. The first kappa shape index (κ1) is 12.0. The molecule has 0 aliphatic rings. The average Bonchev–Trinajstić information content (AvgIpc) is 2.25. The Kier molecular flexibility index (Phi) is 5.18. The topological polar surface area (TPSA) is 26.3 Å². The lowest BCUT2D eigenvalue weighted by molar-refractivity contribution is -0.140. The summed E-state index contributed by atoms with van der Waals surface area (Å²) in [4.78, 5) is 12.0. The van der Waals surface area contributed by atoms with E-state index in [0.717, 1.165) is 11.3 Å². The molecule has 0 amide bonds. The summed E-state index contributed by atoms with van der Waals surface area (Å²) in [6, 6.07) is 6.04. The van der Waals surface area contributed by atoms with Crippen LogP contribution in [-0.2, 0) is 9.53 Å². The van der Waals surface area contributed by atoms with Gasteiger partial charge >= 0.3 is 5.97 Å².